The van der Waals surface area contributed by atoms with Crippen LogP contribution in [0.25, 0.3) is 17.4 Å². The monoisotopic (exact) mass is 670 g/mol. The molecule has 0 radical (unpaired) electrons. The fourth-order valence-corrected chi connectivity index (χ4v) is 6.25. The molecule has 11 heteroatoms. The highest BCUT2D eigenvalue weighted by Crippen LogP contribution is 2.37. The minimum absolute atomic E-state index is 0.148. The highest BCUT2D eigenvalue weighted by Gasteiger charge is 2.35. The molecule has 2 aliphatic rings. The molecular formula is C28H20Br2N2O6S. The normalized spacial score (nSPS) is 16.3. The molecule has 0 fully saturated rings. The quantitative estimate of drug-likeness (QED) is 0.267. The zero-order chi connectivity index (χ0) is 27.3. The van der Waals surface area contributed by atoms with Crippen molar-refractivity contribution in [2.24, 2.45) is 4.99 Å². The number of carbonyl (C=O) groups excluding carboxylic acids is 1. The Morgan fingerprint density at radius 1 is 1.15 bits per heavy atom. The molecule has 39 heavy (non-hydrogen) atoms. The van der Waals surface area contributed by atoms with Gasteiger partial charge >= 0.3 is 5.97 Å². The lowest BCUT2D eigenvalue weighted by Gasteiger charge is -2.22. The minimum Gasteiger partial charge on any atom is -0.463 e. The molecule has 2 aromatic carbocycles. The van der Waals surface area contributed by atoms with Crippen LogP contribution in [-0.4, -0.2) is 23.9 Å². The molecule has 1 atom stereocenters. The van der Waals surface area contributed by atoms with Crippen molar-refractivity contribution < 1.29 is 23.4 Å². The molecule has 2 aromatic heterocycles. The van der Waals surface area contributed by atoms with Crippen molar-refractivity contribution in [3.8, 4) is 22.8 Å². The molecule has 0 saturated heterocycles. The van der Waals surface area contributed by atoms with Crippen molar-refractivity contribution in [3.05, 3.63) is 99.8 Å². The predicted molar refractivity (Wildman–Crippen MR) is 153 cm³/mol. The molecule has 0 bridgehead atoms. The van der Waals surface area contributed by atoms with E-state index in [2.05, 4.69) is 36.9 Å². The van der Waals surface area contributed by atoms with Crippen molar-refractivity contribution >= 4 is 55.2 Å². The third kappa shape index (κ3) is 4.68. The average Bonchev–Trinajstić information content (AvgIpc) is 3.64. The van der Waals surface area contributed by atoms with Crippen LogP contribution in [-0.2, 0) is 9.53 Å². The number of rotatable bonds is 5. The van der Waals surface area contributed by atoms with Crippen LogP contribution in [0.1, 0.15) is 31.2 Å². The number of halogens is 2. The van der Waals surface area contributed by atoms with E-state index in [0.29, 0.717) is 38.1 Å². The Morgan fingerprint density at radius 2 is 1.90 bits per heavy atom. The zero-order valence-corrected chi connectivity index (χ0v) is 24.7. The number of thiazole rings is 1. The SMILES string of the molecule is CCOC(=O)C1=C(C)N=c2s/c(=C\c3cc4c(cc3Br)OCO4)c(=O)n2[C@@H]1c1ccc(-c2ccc(Br)cc2)o1. The summed E-state index contributed by atoms with van der Waals surface area (Å²) < 4.78 is 26.2. The fourth-order valence-electron chi connectivity index (χ4n) is 4.51. The highest BCUT2D eigenvalue weighted by atomic mass is 79.9. The maximum absolute atomic E-state index is 13.9. The summed E-state index contributed by atoms with van der Waals surface area (Å²) in [6, 6.07) is 14.1. The summed E-state index contributed by atoms with van der Waals surface area (Å²) >= 11 is 8.24. The maximum Gasteiger partial charge on any atom is 0.338 e. The van der Waals surface area contributed by atoms with Gasteiger partial charge in [-0.25, -0.2) is 9.79 Å². The van der Waals surface area contributed by atoms with E-state index in [-0.39, 0.29) is 24.5 Å². The van der Waals surface area contributed by atoms with Gasteiger partial charge in [-0.2, -0.15) is 0 Å². The molecule has 0 saturated carbocycles. The zero-order valence-electron chi connectivity index (χ0n) is 20.7. The number of benzene rings is 2. The van der Waals surface area contributed by atoms with E-state index in [4.69, 9.17) is 18.6 Å². The van der Waals surface area contributed by atoms with Gasteiger partial charge in [0.15, 0.2) is 16.3 Å². The molecule has 0 amide bonds. The van der Waals surface area contributed by atoms with Crippen LogP contribution in [0.15, 0.2) is 83.0 Å². The Labute approximate surface area is 243 Å². The summed E-state index contributed by atoms with van der Waals surface area (Å²) in [5, 5.41) is 0. The van der Waals surface area contributed by atoms with E-state index in [1.54, 1.807) is 26.0 Å². The average molecular weight is 672 g/mol. The topological polar surface area (TPSA) is 92.3 Å². The number of fused-ring (bicyclic) bond motifs is 2. The number of carbonyl (C=O) groups is 1. The van der Waals surface area contributed by atoms with Crippen molar-refractivity contribution in [1.29, 1.82) is 0 Å². The lowest BCUT2D eigenvalue weighted by Crippen LogP contribution is -2.39. The summed E-state index contributed by atoms with van der Waals surface area (Å²) in [5.41, 5.74) is 2.04. The minimum atomic E-state index is -0.841. The number of hydrogen-bond acceptors (Lipinski definition) is 8. The van der Waals surface area contributed by atoms with E-state index in [0.717, 1.165) is 20.1 Å². The Hall–Kier alpha value is -3.41. The number of hydrogen-bond donors (Lipinski definition) is 0. The van der Waals surface area contributed by atoms with Gasteiger partial charge in [0.05, 0.1) is 22.4 Å². The third-order valence-electron chi connectivity index (χ3n) is 6.32. The molecule has 198 valence electrons. The summed E-state index contributed by atoms with van der Waals surface area (Å²) in [6.45, 7) is 3.81. The van der Waals surface area contributed by atoms with Gasteiger partial charge in [0, 0.05) is 14.5 Å². The smallest absolute Gasteiger partial charge is 0.338 e. The van der Waals surface area contributed by atoms with Gasteiger partial charge in [0.2, 0.25) is 6.79 Å². The molecule has 0 unspecified atom stereocenters. The molecule has 0 spiro atoms. The van der Waals surface area contributed by atoms with E-state index in [1.807, 2.05) is 42.5 Å². The third-order valence-corrected chi connectivity index (χ3v) is 8.52. The van der Waals surface area contributed by atoms with Gasteiger partial charge in [-0.05, 0) is 61.9 Å². The second-order valence-electron chi connectivity index (χ2n) is 8.74. The molecule has 0 N–H and O–H groups in total. The Morgan fingerprint density at radius 3 is 2.64 bits per heavy atom. The Kier molecular flexibility index (Phi) is 6.82. The molecule has 4 heterocycles. The van der Waals surface area contributed by atoms with Crippen LogP contribution in [0.4, 0.5) is 0 Å². The van der Waals surface area contributed by atoms with Crippen LogP contribution in [0, 0.1) is 0 Å². The molecule has 4 aromatic rings. The first-order chi connectivity index (χ1) is 18.8. The number of nitrogens with zero attached hydrogens (tertiary/aromatic N) is 2. The number of esters is 1. The Bertz CT molecular complexity index is 1830. The molecule has 6 rings (SSSR count). The lowest BCUT2D eigenvalue weighted by molar-refractivity contribution is -0.139. The van der Waals surface area contributed by atoms with Crippen molar-refractivity contribution in [3.63, 3.8) is 0 Å². The number of allylic oxidation sites excluding steroid dienone is 1. The van der Waals surface area contributed by atoms with Gasteiger partial charge in [-0.1, -0.05) is 55.3 Å². The van der Waals surface area contributed by atoms with Crippen LogP contribution >= 0.6 is 43.2 Å². The van der Waals surface area contributed by atoms with Gasteiger partial charge in [-0.3, -0.25) is 9.36 Å². The van der Waals surface area contributed by atoms with Gasteiger partial charge in [0.1, 0.15) is 17.6 Å². The summed E-state index contributed by atoms with van der Waals surface area (Å²) in [7, 11) is 0. The lowest BCUT2D eigenvalue weighted by atomic mass is 10.0. The van der Waals surface area contributed by atoms with Gasteiger partial charge in [-0.15, -0.1) is 0 Å². The Balaban J connectivity index is 1.51. The molecule has 2 aliphatic heterocycles. The standard InChI is InChI=1S/C28H20Br2N2O6S/c1-3-35-27(34)24-14(2)31-28-32(25(24)20-9-8-19(38-20)15-4-6-17(29)7-5-15)26(33)23(39-28)11-16-10-21-22(12-18(16)30)37-13-36-21/h4-12,25H,3,13H2,1-2H3/b23-11-/t25-/m1/s1. The van der Waals surface area contributed by atoms with Crippen LogP contribution in [0.3, 0.4) is 0 Å². The molecule has 0 aliphatic carbocycles. The van der Waals surface area contributed by atoms with Crippen LogP contribution < -0.4 is 24.4 Å². The van der Waals surface area contributed by atoms with E-state index < -0.39 is 12.0 Å². The van der Waals surface area contributed by atoms with Gasteiger partial charge < -0.3 is 18.6 Å². The molecule has 8 nitrogen and oxygen atoms in total. The number of aromatic nitrogens is 1. The van der Waals surface area contributed by atoms with Crippen molar-refractivity contribution in [2.75, 3.05) is 13.4 Å². The van der Waals surface area contributed by atoms with E-state index in [9.17, 15) is 9.59 Å². The first kappa shape index (κ1) is 25.8. The predicted octanol–water partition coefficient (Wildman–Crippen LogP) is 5.31. The first-order valence-corrected chi connectivity index (χ1v) is 14.4. The van der Waals surface area contributed by atoms with Crippen LogP contribution in [0.5, 0.6) is 11.5 Å². The van der Waals surface area contributed by atoms with Gasteiger partial charge in [0.25, 0.3) is 5.56 Å². The summed E-state index contributed by atoms with van der Waals surface area (Å²) in [5.74, 6) is 1.74. The summed E-state index contributed by atoms with van der Waals surface area (Å²) in [6.07, 6.45) is 1.77. The van der Waals surface area contributed by atoms with E-state index in [1.165, 1.54) is 15.9 Å². The maximum atomic E-state index is 13.9. The largest absolute Gasteiger partial charge is 0.463 e. The van der Waals surface area contributed by atoms with Crippen LogP contribution in [0.2, 0.25) is 0 Å². The van der Waals surface area contributed by atoms with E-state index >= 15 is 0 Å². The second kappa shape index (κ2) is 10.3. The highest BCUT2D eigenvalue weighted by molar-refractivity contribution is 9.10. The number of furan rings is 1. The first-order valence-electron chi connectivity index (χ1n) is 12.0. The van der Waals surface area contributed by atoms with Crippen molar-refractivity contribution in [2.45, 2.75) is 19.9 Å². The number of ether oxygens (including phenoxy) is 3. The summed E-state index contributed by atoms with van der Waals surface area (Å²) in [4.78, 5) is 32.1. The molecular weight excluding hydrogens is 652 g/mol. The second-order valence-corrected chi connectivity index (χ2v) is 11.5. The fraction of sp³-hybridized carbons (Fsp3) is 0.179. The van der Waals surface area contributed by atoms with Crippen molar-refractivity contribution in [1.82, 2.24) is 4.57 Å².